The van der Waals surface area contributed by atoms with Crippen LogP contribution < -0.4 is 5.32 Å². The molecule has 0 saturated heterocycles. The Morgan fingerprint density at radius 2 is 2.00 bits per heavy atom. The van der Waals surface area contributed by atoms with Crippen molar-refractivity contribution < 1.29 is 9.15 Å². The van der Waals surface area contributed by atoms with Gasteiger partial charge in [-0.3, -0.25) is 0 Å². The van der Waals surface area contributed by atoms with Crippen molar-refractivity contribution in [2.24, 2.45) is 0 Å². The zero-order valence-electron chi connectivity index (χ0n) is 11.0. The number of furan rings is 1. The van der Waals surface area contributed by atoms with Gasteiger partial charge in [0.15, 0.2) is 0 Å². The molecule has 1 aromatic heterocycles. The maximum Gasteiger partial charge on any atom is 0.142 e. The molecule has 19 heavy (non-hydrogen) atoms. The number of rotatable bonds is 5. The molecule has 3 aromatic rings. The molecule has 98 valence electrons. The highest BCUT2D eigenvalue weighted by Crippen LogP contribution is 2.28. The molecule has 3 rings (SSSR count). The van der Waals surface area contributed by atoms with Crippen LogP contribution >= 0.6 is 0 Å². The number of hydrogen-bond acceptors (Lipinski definition) is 3. The molecule has 0 amide bonds. The fraction of sp³-hybridized carbons (Fsp3) is 0.250. The molecule has 3 heteroatoms. The standard InChI is InChI=1S/C16H17NO2/c1-18-9-8-17-10-13-11-19-16-14-5-3-2-4-12(14)6-7-15(13)16/h2-7,11,17H,8-10H2,1H3. The van der Waals surface area contributed by atoms with Crippen LogP contribution in [0.15, 0.2) is 47.1 Å². The molecule has 0 unspecified atom stereocenters. The number of hydrogen-bond donors (Lipinski definition) is 1. The smallest absolute Gasteiger partial charge is 0.142 e. The minimum absolute atomic E-state index is 0.721. The second-order valence-electron chi connectivity index (χ2n) is 4.59. The molecule has 0 aliphatic rings. The summed E-state index contributed by atoms with van der Waals surface area (Å²) in [7, 11) is 1.71. The molecule has 0 fully saturated rings. The lowest BCUT2D eigenvalue weighted by Gasteiger charge is -2.02. The highest BCUT2D eigenvalue weighted by Gasteiger charge is 2.08. The molecule has 0 radical (unpaired) electrons. The summed E-state index contributed by atoms with van der Waals surface area (Å²) in [6.07, 6.45) is 1.84. The van der Waals surface area contributed by atoms with E-state index in [1.54, 1.807) is 7.11 Å². The molecule has 3 nitrogen and oxygen atoms in total. The zero-order chi connectivity index (χ0) is 13.1. The van der Waals surface area contributed by atoms with Crippen LogP contribution in [0.1, 0.15) is 5.56 Å². The lowest BCUT2D eigenvalue weighted by molar-refractivity contribution is 0.199. The summed E-state index contributed by atoms with van der Waals surface area (Å²) >= 11 is 0. The maximum atomic E-state index is 5.75. The Morgan fingerprint density at radius 1 is 1.11 bits per heavy atom. The largest absolute Gasteiger partial charge is 0.463 e. The van der Waals surface area contributed by atoms with Gasteiger partial charge in [0.2, 0.25) is 0 Å². The van der Waals surface area contributed by atoms with Crippen LogP contribution in [0.2, 0.25) is 0 Å². The van der Waals surface area contributed by atoms with Gasteiger partial charge in [0.05, 0.1) is 12.9 Å². The fourth-order valence-electron chi connectivity index (χ4n) is 2.35. The van der Waals surface area contributed by atoms with Crippen LogP contribution in [0.4, 0.5) is 0 Å². The van der Waals surface area contributed by atoms with Crippen molar-refractivity contribution in [1.29, 1.82) is 0 Å². The molecule has 0 aliphatic carbocycles. The van der Waals surface area contributed by atoms with E-state index in [1.807, 2.05) is 18.4 Å². The third kappa shape index (κ3) is 2.35. The maximum absolute atomic E-state index is 5.75. The molecule has 0 saturated carbocycles. The summed E-state index contributed by atoms with van der Waals surface area (Å²) in [4.78, 5) is 0. The van der Waals surface area contributed by atoms with Gasteiger partial charge in [0, 0.05) is 36.5 Å². The van der Waals surface area contributed by atoms with Gasteiger partial charge in [0.1, 0.15) is 5.58 Å². The van der Waals surface area contributed by atoms with Crippen LogP contribution in [0.25, 0.3) is 21.7 Å². The normalized spacial score (nSPS) is 11.4. The molecular weight excluding hydrogens is 238 g/mol. The first-order chi connectivity index (χ1) is 9.40. The highest BCUT2D eigenvalue weighted by atomic mass is 16.5. The van der Waals surface area contributed by atoms with E-state index < -0.39 is 0 Å². The van der Waals surface area contributed by atoms with Crippen LogP contribution in [-0.4, -0.2) is 20.3 Å². The van der Waals surface area contributed by atoms with E-state index >= 15 is 0 Å². The minimum Gasteiger partial charge on any atom is -0.463 e. The van der Waals surface area contributed by atoms with Gasteiger partial charge >= 0.3 is 0 Å². The monoisotopic (exact) mass is 255 g/mol. The Hall–Kier alpha value is -1.84. The van der Waals surface area contributed by atoms with Crippen molar-refractivity contribution in [2.45, 2.75) is 6.54 Å². The minimum atomic E-state index is 0.721. The first-order valence-corrected chi connectivity index (χ1v) is 6.47. The predicted molar refractivity (Wildman–Crippen MR) is 77.3 cm³/mol. The molecule has 0 spiro atoms. The summed E-state index contributed by atoms with van der Waals surface area (Å²) in [5, 5.41) is 6.91. The predicted octanol–water partition coefficient (Wildman–Crippen LogP) is 3.32. The van der Waals surface area contributed by atoms with Crippen LogP contribution in [0.5, 0.6) is 0 Å². The average molecular weight is 255 g/mol. The van der Waals surface area contributed by atoms with Gasteiger partial charge in [-0.05, 0) is 5.39 Å². The molecule has 1 heterocycles. The Bertz CT molecular complexity index is 687. The summed E-state index contributed by atoms with van der Waals surface area (Å²) in [6, 6.07) is 12.6. The fourth-order valence-corrected chi connectivity index (χ4v) is 2.35. The molecule has 2 aromatic carbocycles. The van der Waals surface area contributed by atoms with Crippen molar-refractivity contribution >= 4 is 21.7 Å². The topological polar surface area (TPSA) is 34.4 Å². The van der Waals surface area contributed by atoms with Gasteiger partial charge in [0.25, 0.3) is 0 Å². The van der Waals surface area contributed by atoms with Gasteiger partial charge in [-0.2, -0.15) is 0 Å². The van der Waals surface area contributed by atoms with Gasteiger partial charge in [-0.15, -0.1) is 0 Å². The number of methoxy groups -OCH3 is 1. The van der Waals surface area contributed by atoms with E-state index in [1.165, 1.54) is 21.7 Å². The van der Waals surface area contributed by atoms with Crippen molar-refractivity contribution in [2.75, 3.05) is 20.3 Å². The highest BCUT2D eigenvalue weighted by molar-refractivity contribution is 6.05. The summed E-state index contributed by atoms with van der Waals surface area (Å²) in [6.45, 7) is 2.37. The third-order valence-electron chi connectivity index (χ3n) is 3.34. The van der Waals surface area contributed by atoms with E-state index in [4.69, 9.17) is 9.15 Å². The van der Waals surface area contributed by atoms with E-state index in [2.05, 4.69) is 29.6 Å². The van der Waals surface area contributed by atoms with Crippen molar-refractivity contribution in [3.8, 4) is 0 Å². The quantitative estimate of drug-likeness (QED) is 0.710. The van der Waals surface area contributed by atoms with Crippen LogP contribution in [0, 0.1) is 0 Å². The lowest BCUT2D eigenvalue weighted by atomic mass is 10.1. The van der Waals surface area contributed by atoms with Crippen molar-refractivity contribution in [3.63, 3.8) is 0 Å². The number of benzene rings is 2. The first-order valence-electron chi connectivity index (χ1n) is 6.47. The second kappa shape index (κ2) is 5.43. The Labute approximate surface area is 112 Å². The van der Waals surface area contributed by atoms with Gasteiger partial charge in [-0.25, -0.2) is 0 Å². The second-order valence-corrected chi connectivity index (χ2v) is 4.59. The number of ether oxygens (including phenoxy) is 1. The Morgan fingerprint density at radius 3 is 2.89 bits per heavy atom. The van der Waals surface area contributed by atoms with Gasteiger partial charge < -0.3 is 14.5 Å². The number of nitrogens with one attached hydrogen (secondary N) is 1. The van der Waals surface area contributed by atoms with Crippen molar-refractivity contribution in [3.05, 3.63) is 48.2 Å². The van der Waals surface area contributed by atoms with E-state index in [-0.39, 0.29) is 0 Å². The number of fused-ring (bicyclic) bond motifs is 3. The molecule has 1 N–H and O–H groups in total. The lowest BCUT2D eigenvalue weighted by Crippen LogP contribution is -2.18. The Kier molecular flexibility index (Phi) is 3.49. The summed E-state index contributed by atoms with van der Waals surface area (Å²) < 4.78 is 10.8. The van der Waals surface area contributed by atoms with E-state index in [9.17, 15) is 0 Å². The Balaban J connectivity index is 1.93. The SMILES string of the molecule is COCCNCc1coc2c1ccc1ccccc12. The summed E-state index contributed by atoms with van der Waals surface area (Å²) in [5.41, 5.74) is 2.17. The zero-order valence-corrected chi connectivity index (χ0v) is 11.0. The molecule has 0 aliphatic heterocycles. The molecule has 0 bridgehead atoms. The average Bonchev–Trinajstić information content (AvgIpc) is 2.87. The van der Waals surface area contributed by atoms with E-state index in [0.29, 0.717) is 0 Å². The first kappa shape index (κ1) is 12.2. The van der Waals surface area contributed by atoms with Gasteiger partial charge in [-0.1, -0.05) is 36.4 Å². The third-order valence-corrected chi connectivity index (χ3v) is 3.34. The van der Waals surface area contributed by atoms with Crippen LogP contribution in [-0.2, 0) is 11.3 Å². The molecule has 0 atom stereocenters. The van der Waals surface area contributed by atoms with E-state index in [0.717, 1.165) is 25.3 Å². The van der Waals surface area contributed by atoms with Crippen molar-refractivity contribution in [1.82, 2.24) is 5.32 Å². The van der Waals surface area contributed by atoms with Crippen LogP contribution in [0.3, 0.4) is 0 Å². The summed E-state index contributed by atoms with van der Waals surface area (Å²) in [5.74, 6) is 0. The molecular formula is C16H17NO2.